The second kappa shape index (κ2) is 9.69. The number of hydrogen-bond donors (Lipinski definition) is 3. The maximum atomic E-state index is 12.4. The standard InChI is InChI=1S/C14H27N3O2S/c1-4-7-14(8-5-2,12(15)20)13(19)17-10-11(18)16-9-6-3/h4-10H2,1-3H3,(H2,15,20)(H,16,18)(H,17,19). The minimum absolute atomic E-state index is 0.0311. The van der Waals surface area contributed by atoms with Gasteiger partial charge in [-0.1, -0.05) is 45.8 Å². The lowest BCUT2D eigenvalue weighted by atomic mass is 9.78. The molecule has 2 amide bonds. The Balaban J connectivity index is 4.70. The van der Waals surface area contributed by atoms with Crippen LogP contribution < -0.4 is 16.4 Å². The first kappa shape index (κ1) is 18.8. The average Bonchev–Trinajstić information content (AvgIpc) is 2.41. The van der Waals surface area contributed by atoms with Crippen LogP contribution in [0.2, 0.25) is 0 Å². The van der Waals surface area contributed by atoms with Crippen LogP contribution in [-0.2, 0) is 9.59 Å². The van der Waals surface area contributed by atoms with Crippen molar-refractivity contribution in [1.82, 2.24) is 10.6 Å². The summed E-state index contributed by atoms with van der Waals surface area (Å²) in [6.45, 7) is 6.53. The molecule has 0 aliphatic carbocycles. The Morgan fingerprint density at radius 3 is 2.00 bits per heavy atom. The molecule has 0 aliphatic rings. The average molecular weight is 301 g/mol. The van der Waals surface area contributed by atoms with Crippen molar-refractivity contribution >= 4 is 29.0 Å². The van der Waals surface area contributed by atoms with E-state index in [1.165, 1.54) is 0 Å². The Bertz CT molecular complexity index is 339. The largest absolute Gasteiger partial charge is 0.392 e. The van der Waals surface area contributed by atoms with Crippen molar-refractivity contribution in [3.63, 3.8) is 0 Å². The van der Waals surface area contributed by atoms with E-state index in [1.807, 2.05) is 20.8 Å². The number of rotatable bonds is 10. The highest BCUT2D eigenvalue weighted by molar-refractivity contribution is 7.80. The van der Waals surface area contributed by atoms with Gasteiger partial charge >= 0.3 is 0 Å². The highest BCUT2D eigenvalue weighted by atomic mass is 32.1. The molecule has 5 nitrogen and oxygen atoms in total. The zero-order chi connectivity index (χ0) is 15.6. The van der Waals surface area contributed by atoms with Gasteiger partial charge in [-0.3, -0.25) is 9.59 Å². The molecular weight excluding hydrogens is 274 g/mol. The van der Waals surface area contributed by atoms with E-state index in [0.29, 0.717) is 19.4 Å². The van der Waals surface area contributed by atoms with Crippen LogP contribution in [0.4, 0.5) is 0 Å². The fourth-order valence-corrected chi connectivity index (χ4v) is 2.52. The van der Waals surface area contributed by atoms with Gasteiger partial charge in [-0.15, -0.1) is 0 Å². The van der Waals surface area contributed by atoms with Crippen molar-refractivity contribution < 1.29 is 9.59 Å². The van der Waals surface area contributed by atoms with E-state index < -0.39 is 5.41 Å². The molecule has 20 heavy (non-hydrogen) atoms. The van der Waals surface area contributed by atoms with Crippen LogP contribution >= 0.6 is 12.2 Å². The summed E-state index contributed by atoms with van der Waals surface area (Å²) in [6, 6.07) is 0. The maximum Gasteiger partial charge on any atom is 0.239 e. The molecule has 0 saturated carbocycles. The van der Waals surface area contributed by atoms with Gasteiger partial charge in [-0.25, -0.2) is 0 Å². The predicted octanol–water partition coefficient (Wildman–Crippen LogP) is 1.50. The Morgan fingerprint density at radius 1 is 1.05 bits per heavy atom. The number of thiocarbonyl (C=S) groups is 1. The van der Waals surface area contributed by atoms with E-state index in [-0.39, 0.29) is 23.3 Å². The maximum absolute atomic E-state index is 12.4. The second-order valence-electron chi connectivity index (χ2n) is 4.98. The summed E-state index contributed by atoms with van der Waals surface area (Å²) in [5.74, 6) is -0.426. The monoisotopic (exact) mass is 301 g/mol. The number of amides is 2. The molecule has 116 valence electrons. The van der Waals surface area contributed by atoms with Crippen molar-refractivity contribution in [3.8, 4) is 0 Å². The normalized spacial score (nSPS) is 10.9. The number of carbonyl (C=O) groups is 2. The molecule has 0 unspecified atom stereocenters. The van der Waals surface area contributed by atoms with E-state index in [2.05, 4.69) is 10.6 Å². The van der Waals surface area contributed by atoms with E-state index in [1.54, 1.807) is 0 Å². The zero-order valence-electron chi connectivity index (χ0n) is 12.8. The number of nitrogens with two attached hydrogens (primary N) is 1. The van der Waals surface area contributed by atoms with Gasteiger partial charge in [-0.05, 0) is 19.3 Å². The van der Waals surface area contributed by atoms with Gasteiger partial charge in [-0.2, -0.15) is 0 Å². The first-order chi connectivity index (χ1) is 9.44. The van der Waals surface area contributed by atoms with Crippen molar-refractivity contribution in [1.29, 1.82) is 0 Å². The number of hydrogen-bond acceptors (Lipinski definition) is 3. The van der Waals surface area contributed by atoms with Gasteiger partial charge < -0.3 is 16.4 Å². The van der Waals surface area contributed by atoms with E-state index in [9.17, 15) is 9.59 Å². The van der Waals surface area contributed by atoms with E-state index >= 15 is 0 Å². The SMILES string of the molecule is CCCNC(=O)CNC(=O)C(CCC)(CCC)C(N)=S. The summed E-state index contributed by atoms with van der Waals surface area (Å²) >= 11 is 5.10. The molecule has 6 heteroatoms. The molecule has 0 aliphatic heterocycles. The lowest BCUT2D eigenvalue weighted by molar-refractivity contribution is -0.131. The van der Waals surface area contributed by atoms with Gasteiger partial charge in [0, 0.05) is 6.54 Å². The lowest BCUT2D eigenvalue weighted by Gasteiger charge is -2.30. The van der Waals surface area contributed by atoms with Crippen LogP contribution in [0.25, 0.3) is 0 Å². The minimum atomic E-state index is -0.829. The molecule has 0 spiro atoms. The Hall–Kier alpha value is -1.17. The Labute approximate surface area is 127 Å². The molecule has 0 bridgehead atoms. The Morgan fingerprint density at radius 2 is 1.60 bits per heavy atom. The predicted molar refractivity (Wildman–Crippen MR) is 85.3 cm³/mol. The first-order valence-electron chi connectivity index (χ1n) is 7.29. The topological polar surface area (TPSA) is 84.2 Å². The molecule has 0 aromatic heterocycles. The van der Waals surface area contributed by atoms with E-state index in [0.717, 1.165) is 19.3 Å². The van der Waals surface area contributed by atoms with Crippen LogP contribution in [0.1, 0.15) is 52.9 Å². The third kappa shape index (κ3) is 5.45. The molecule has 0 radical (unpaired) electrons. The summed E-state index contributed by atoms with van der Waals surface area (Å²) in [6.07, 6.45) is 3.71. The van der Waals surface area contributed by atoms with E-state index in [4.69, 9.17) is 18.0 Å². The van der Waals surface area contributed by atoms with Crippen molar-refractivity contribution in [3.05, 3.63) is 0 Å². The smallest absolute Gasteiger partial charge is 0.239 e. The zero-order valence-corrected chi connectivity index (χ0v) is 13.6. The molecule has 4 N–H and O–H groups in total. The van der Waals surface area contributed by atoms with Crippen molar-refractivity contribution in [2.45, 2.75) is 52.9 Å². The summed E-state index contributed by atoms with van der Waals surface area (Å²) in [5.41, 5.74) is 4.97. The highest BCUT2D eigenvalue weighted by Gasteiger charge is 2.39. The van der Waals surface area contributed by atoms with Crippen molar-refractivity contribution in [2.24, 2.45) is 11.1 Å². The van der Waals surface area contributed by atoms with Gasteiger partial charge in [0.2, 0.25) is 11.8 Å². The number of nitrogens with one attached hydrogen (secondary N) is 2. The van der Waals surface area contributed by atoms with Crippen LogP contribution in [-0.4, -0.2) is 29.9 Å². The van der Waals surface area contributed by atoms with Gasteiger partial charge in [0.1, 0.15) is 0 Å². The fraction of sp³-hybridized carbons (Fsp3) is 0.786. The highest BCUT2D eigenvalue weighted by Crippen LogP contribution is 2.30. The Kier molecular flexibility index (Phi) is 9.12. The van der Waals surface area contributed by atoms with Gasteiger partial charge in [0.25, 0.3) is 0 Å². The molecule has 0 atom stereocenters. The number of carbonyl (C=O) groups excluding carboxylic acids is 2. The molecular formula is C14H27N3O2S. The lowest BCUT2D eigenvalue weighted by Crippen LogP contribution is -2.51. The fourth-order valence-electron chi connectivity index (χ4n) is 2.22. The molecule has 0 aromatic rings. The molecule has 0 fully saturated rings. The third-order valence-corrected chi connectivity index (χ3v) is 3.63. The molecule has 0 heterocycles. The first-order valence-corrected chi connectivity index (χ1v) is 7.70. The summed E-state index contributed by atoms with van der Waals surface area (Å²) in [7, 11) is 0. The van der Waals surface area contributed by atoms with Crippen LogP contribution in [0.15, 0.2) is 0 Å². The van der Waals surface area contributed by atoms with Gasteiger partial charge in [0.05, 0.1) is 16.9 Å². The summed E-state index contributed by atoms with van der Waals surface area (Å²) < 4.78 is 0. The van der Waals surface area contributed by atoms with Crippen LogP contribution in [0.3, 0.4) is 0 Å². The quantitative estimate of drug-likeness (QED) is 0.534. The molecule has 0 aromatic carbocycles. The van der Waals surface area contributed by atoms with Gasteiger partial charge in [0.15, 0.2) is 0 Å². The van der Waals surface area contributed by atoms with Crippen LogP contribution in [0.5, 0.6) is 0 Å². The third-order valence-electron chi connectivity index (χ3n) is 3.24. The molecule has 0 rings (SSSR count). The second-order valence-corrected chi connectivity index (χ2v) is 5.42. The molecule has 0 saturated heterocycles. The van der Waals surface area contributed by atoms with Crippen molar-refractivity contribution in [2.75, 3.05) is 13.1 Å². The summed E-state index contributed by atoms with van der Waals surface area (Å²) in [5, 5.41) is 5.38. The van der Waals surface area contributed by atoms with Crippen LogP contribution in [0, 0.1) is 5.41 Å². The summed E-state index contributed by atoms with van der Waals surface area (Å²) in [4.78, 5) is 24.2. The minimum Gasteiger partial charge on any atom is -0.392 e.